The summed E-state index contributed by atoms with van der Waals surface area (Å²) < 4.78 is 4.66. The minimum atomic E-state index is 0.629. The van der Waals surface area contributed by atoms with E-state index < -0.39 is 0 Å². The van der Waals surface area contributed by atoms with E-state index in [9.17, 15) is 0 Å². The van der Waals surface area contributed by atoms with Crippen molar-refractivity contribution < 1.29 is 0 Å². The molecule has 1 fully saturated rings. The predicted octanol–water partition coefficient (Wildman–Crippen LogP) is 3.94. The van der Waals surface area contributed by atoms with Crippen LogP contribution in [0.15, 0.2) is 48.8 Å². The van der Waals surface area contributed by atoms with Gasteiger partial charge in [-0.25, -0.2) is 4.68 Å². The number of rotatable bonds is 6. The number of hydrogen-bond acceptors (Lipinski definition) is 4. The van der Waals surface area contributed by atoms with Crippen molar-refractivity contribution >= 4 is 12.2 Å². The summed E-state index contributed by atoms with van der Waals surface area (Å²) in [4.78, 5) is 6.57. The van der Waals surface area contributed by atoms with Gasteiger partial charge in [0.15, 0.2) is 10.6 Å². The molecule has 0 atom stereocenters. The fraction of sp³-hybridized carbons (Fsp3) is 0.350. The van der Waals surface area contributed by atoms with Gasteiger partial charge < -0.3 is 4.57 Å². The maximum atomic E-state index is 5.65. The average Bonchev–Trinajstić information content (AvgIpc) is 3.45. The van der Waals surface area contributed by atoms with Gasteiger partial charge in [-0.2, -0.15) is 5.10 Å². The molecule has 0 spiro atoms. The number of aromatic nitrogens is 4. The van der Waals surface area contributed by atoms with Crippen LogP contribution in [0.1, 0.15) is 24.0 Å². The van der Waals surface area contributed by atoms with Crippen molar-refractivity contribution in [3.8, 4) is 11.4 Å². The lowest BCUT2D eigenvalue weighted by Gasteiger charge is -2.22. The SMILES string of the molecule is Cc1cccc(CN(Cn2nc(-c3ccncc3)n(C)c2=S)C2CC2)c1. The highest BCUT2D eigenvalue weighted by Crippen LogP contribution is 2.29. The van der Waals surface area contributed by atoms with E-state index in [1.807, 2.05) is 28.4 Å². The van der Waals surface area contributed by atoms with Crippen LogP contribution in [-0.4, -0.2) is 30.3 Å². The molecule has 2 aromatic heterocycles. The number of aryl methyl sites for hydroxylation is 1. The van der Waals surface area contributed by atoms with E-state index in [2.05, 4.69) is 41.1 Å². The lowest BCUT2D eigenvalue weighted by molar-refractivity contribution is 0.186. The summed E-state index contributed by atoms with van der Waals surface area (Å²) in [6, 6.07) is 13.3. The van der Waals surface area contributed by atoms with Crippen LogP contribution in [0.3, 0.4) is 0 Å². The van der Waals surface area contributed by atoms with Crippen molar-refractivity contribution in [2.75, 3.05) is 0 Å². The van der Waals surface area contributed by atoms with E-state index >= 15 is 0 Å². The summed E-state index contributed by atoms with van der Waals surface area (Å²) in [6.07, 6.45) is 6.07. The maximum Gasteiger partial charge on any atom is 0.199 e. The Kier molecular flexibility index (Phi) is 4.70. The number of nitrogens with zero attached hydrogens (tertiary/aromatic N) is 5. The molecule has 0 bridgehead atoms. The molecular weight excluding hydrogens is 342 g/mol. The van der Waals surface area contributed by atoms with Gasteiger partial charge in [-0.3, -0.25) is 9.88 Å². The first-order valence-corrected chi connectivity index (χ1v) is 9.36. The minimum absolute atomic E-state index is 0.629. The third-order valence-electron chi connectivity index (χ3n) is 4.83. The Morgan fingerprint density at radius 2 is 1.96 bits per heavy atom. The van der Waals surface area contributed by atoms with Crippen molar-refractivity contribution in [3.63, 3.8) is 0 Å². The average molecular weight is 366 g/mol. The van der Waals surface area contributed by atoms with E-state index in [0.717, 1.165) is 29.4 Å². The van der Waals surface area contributed by atoms with Gasteiger partial charge in [0.05, 0.1) is 6.67 Å². The maximum absolute atomic E-state index is 5.65. The Labute approximate surface area is 158 Å². The molecule has 134 valence electrons. The summed E-state index contributed by atoms with van der Waals surface area (Å²) in [6.45, 7) is 3.78. The second kappa shape index (κ2) is 7.13. The van der Waals surface area contributed by atoms with E-state index in [1.165, 1.54) is 24.0 Å². The Bertz CT molecular complexity index is 956. The largest absolute Gasteiger partial charge is 0.303 e. The summed E-state index contributed by atoms with van der Waals surface area (Å²) >= 11 is 5.65. The fourth-order valence-corrected chi connectivity index (χ4v) is 3.47. The molecule has 0 amide bonds. The van der Waals surface area contributed by atoms with Crippen LogP contribution in [0.2, 0.25) is 0 Å². The van der Waals surface area contributed by atoms with Crippen molar-refractivity contribution in [2.24, 2.45) is 7.05 Å². The lowest BCUT2D eigenvalue weighted by atomic mass is 10.1. The number of hydrogen-bond donors (Lipinski definition) is 0. The molecule has 0 unspecified atom stereocenters. The molecule has 0 saturated heterocycles. The van der Waals surface area contributed by atoms with Crippen LogP contribution in [0.25, 0.3) is 11.4 Å². The molecule has 3 aromatic rings. The second-order valence-corrected chi connectivity index (χ2v) is 7.37. The Hall–Kier alpha value is -2.31. The van der Waals surface area contributed by atoms with Gasteiger partial charge >= 0.3 is 0 Å². The van der Waals surface area contributed by atoms with Crippen LogP contribution in [0.5, 0.6) is 0 Å². The molecular formula is C20H23N5S. The summed E-state index contributed by atoms with van der Waals surface area (Å²) in [5.74, 6) is 0.878. The summed E-state index contributed by atoms with van der Waals surface area (Å²) in [5, 5.41) is 4.79. The standard InChI is InChI=1S/C20H23N5S/c1-15-4-3-5-16(12-15)13-24(18-6-7-18)14-25-20(26)23(2)19(22-25)17-8-10-21-11-9-17/h3-5,8-12,18H,6-7,13-14H2,1-2H3. The molecule has 26 heavy (non-hydrogen) atoms. The van der Waals surface area contributed by atoms with Crippen LogP contribution in [0.4, 0.5) is 0 Å². The van der Waals surface area contributed by atoms with Gasteiger partial charge in [-0.05, 0) is 49.7 Å². The third kappa shape index (κ3) is 3.61. The van der Waals surface area contributed by atoms with Gasteiger partial charge in [-0.15, -0.1) is 0 Å². The summed E-state index contributed by atoms with van der Waals surface area (Å²) in [5.41, 5.74) is 3.67. The van der Waals surface area contributed by atoms with Crippen LogP contribution >= 0.6 is 12.2 Å². The Morgan fingerprint density at radius 1 is 1.19 bits per heavy atom. The third-order valence-corrected chi connectivity index (χ3v) is 5.31. The Balaban J connectivity index is 1.60. The van der Waals surface area contributed by atoms with Crippen LogP contribution in [-0.2, 0) is 20.3 Å². The van der Waals surface area contributed by atoms with Crippen molar-refractivity contribution in [3.05, 3.63) is 64.7 Å². The normalized spacial score (nSPS) is 14.1. The molecule has 1 aromatic carbocycles. The van der Waals surface area contributed by atoms with Gasteiger partial charge in [0.25, 0.3) is 0 Å². The zero-order valence-electron chi connectivity index (χ0n) is 15.2. The van der Waals surface area contributed by atoms with Crippen LogP contribution < -0.4 is 0 Å². The van der Waals surface area contributed by atoms with Gasteiger partial charge in [0, 0.05) is 37.6 Å². The minimum Gasteiger partial charge on any atom is -0.303 e. The molecule has 4 rings (SSSR count). The topological polar surface area (TPSA) is 38.9 Å². The summed E-state index contributed by atoms with van der Waals surface area (Å²) in [7, 11) is 1.98. The molecule has 2 heterocycles. The van der Waals surface area contributed by atoms with Gasteiger partial charge in [0.2, 0.25) is 0 Å². The first-order chi connectivity index (χ1) is 12.6. The smallest absolute Gasteiger partial charge is 0.199 e. The first-order valence-electron chi connectivity index (χ1n) is 8.95. The van der Waals surface area contributed by atoms with Crippen LogP contribution in [0, 0.1) is 11.7 Å². The highest BCUT2D eigenvalue weighted by atomic mass is 32.1. The number of pyridine rings is 1. The van der Waals surface area contributed by atoms with E-state index in [0.29, 0.717) is 6.04 Å². The zero-order chi connectivity index (χ0) is 18.1. The number of benzene rings is 1. The van der Waals surface area contributed by atoms with Crippen molar-refractivity contribution in [2.45, 2.75) is 39.0 Å². The predicted molar refractivity (Wildman–Crippen MR) is 105 cm³/mol. The highest BCUT2D eigenvalue weighted by Gasteiger charge is 2.29. The van der Waals surface area contributed by atoms with E-state index in [4.69, 9.17) is 17.3 Å². The second-order valence-electron chi connectivity index (χ2n) is 7.01. The lowest BCUT2D eigenvalue weighted by Crippen LogP contribution is -2.29. The van der Waals surface area contributed by atoms with Crippen molar-refractivity contribution in [1.29, 1.82) is 0 Å². The monoisotopic (exact) mass is 365 g/mol. The fourth-order valence-electron chi connectivity index (χ4n) is 3.28. The van der Waals surface area contributed by atoms with E-state index in [-0.39, 0.29) is 0 Å². The molecule has 0 N–H and O–H groups in total. The molecule has 1 aliphatic carbocycles. The molecule has 5 nitrogen and oxygen atoms in total. The quantitative estimate of drug-likeness (QED) is 0.620. The van der Waals surface area contributed by atoms with Gasteiger partial charge in [0.1, 0.15) is 0 Å². The molecule has 6 heteroatoms. The van der Waals surface area contributed by atoms with E-state index in [1.54, 1.807) is 12.4 Å². The molecule has 1 saturated carbocycles. The molecule has 1 aliphatic rings. The highest BCUT2D eigenvalue weighted by molar-refractivity contribution is 7.71. The van der Waals surface area contributed by atoms with Gasteiger partial charge in [-0.1, -0.05) is 29.8 Å². The first kappa shape index (κ1) is 17.1. The molecule has 0 radical (unpaired) electrons. The van der Waals surface area contributed by atoms with Crippen molar-refractivity contribution in [1.82, 2.24) is 24.2 Å². The zero-order valence-corrected chi connectivity index (χ0v) is 16.0. The molecule has 0 aliphatic heterocycles. The Morgan fingerprint density at radius 3 is 2.65 bits per heavy atom.